The van der Waals surface area contributed by atoms with Gasteiger partial charge in [0.1, 0.15) is 0 Å². The molecule has 7 aromatic rings. The number of benzene rings is 4. The molecule has 3 aromatic heterocycles. The Labute approximate surface area is 264 Å². The van der Waals surface area contributed by atoms with Crippen molar-refractivity contribution in [2.75, 3.05) is 5.32 Å². The number of halogens is 2. The molecule has 3 N–H and O–H groups in total. The number of hydrogen-bond acceptors (Lipinski definition) is 3. The van der Waals surface area contributed by atoms with Crippen molar-refractivity contribution in [2.45, 2.75) is 13.0 Å². The molecule has 0 radical (unpaired) electrons. The first-order valence-corrected chi connectivity index (χ1v) is 15.0. The van der Waals surface area contributed by atoms with Gasteiger partial charge in [0.15, 0.2) is 5.82 Å². The second-order valence-electron chi connectivity index (χ2n) is 11.0. The van der Waals surface area contributed by atoms with Crippen LogP contribution in [0.1, 0.15) is 28.6 Å². The summed E-state index contributed by atoms with van der Waals surface area (Å²) in [6.45, 7) is 6.54. The lowest BCUT2D eigenvalue weighted by molar-refractivity contribution is 0.682. The van der Waals surface area contributed by atoms with E-state index in [2.05, 4.69) is 74.1 Å². The summed E-state index contributed by atoms with van der Waals surface area (Å²) in [4.78, 5) is 8.66. The normalized spacial score (nSPS) is 13.7. The van der Waals surface area contributed by atoms with Crippen LogP contribution in [0.3, 0.4) is 0 Å². The van der Waals surface area contributed by atoms with Crippen LogP contribution in [-0.4, -0.2) is 24.7 Å². The largest absolute Gasteiger partial charge is 0.353 e. The highest BCUT2D eigenvalue weighted by atomic mass is 35.5. The van der Waals surface area contributed by atoms with Gasteiger partial charge in [0.2, 0.25) is 0 Å². The molecule has 0 unspecified atom stereocenters. The second kappa shape index (κ2) is 10.3. The molecule has 8 heteroatoms. The van der Waals surface area contributed by atoms with Crippen molar-refractivity contribution in [1.29, 1.82) is 0 Å². The number of aromatic amines is 2. The van der Waals surface area contributed by atoms with Crippen molar-refractivity contribution in [3.8, 4) is 33.6 Å². The Morgan fingerprint density at radius 2 is 1.57 bits per heavy atom. The van der Waals surface area contributed by atoms with Crippen LogP contribution in [-0.2, 0) is 0 Å². The van der Waals surface area contributed by atoms with E-state index in [-0.39, 0.29) is 6.04 Å². The van der Waals surface area contributed by atoms with Gasteiger partial charge in [-0.05, 0) is 47.9 Å². The SMILES string of the molecule is C=C(Nc1n[nH]c(C)c1-c1ccccc1)c1[nH]c2cc(Cl)cc3c2c1-c1c(-c2ccccc2)ncn1[C@@H]3c1ccc(Cl)cc1. The molecular formula is C36H26Cl2N6. The van der Waals surface area contributed by atoms with Crippen molar-refractivity contribution >= 4 is 45.6 Å². The van der Waals surface area contributed by atoms with Crippen LogP contribution in [0, 0.1) is 6.92 Å². The minimum absolute atomic E-state index is 0.163. The maximum Gasteiger partial charge on any atom is 0.160 e. The molecule has 0 bridgehead atoms. The maximum atomic E-state index is 6.78. The number of aromatic nitrogens is 5. The highest BCUT2D eigenvalue weighted by Gasteiger charge is 2.35. The van der Waals surface area contributed by atoms with Gasteiger partial charge in [-0.2, -0.15) is 5.10 Å². The zero-order chi connectivity index (χ0) is 29.9. The van der Waals surface area contributed by atoms with Crippen LogP contribution in [0.15, 0.2) is 110 Å². The number of nitrogens with one attached hydrogen (secondary N) is 3. The number of nitrogens with zero attached hydrogens (tertiary/aromatic N) is 3. The topological polar surface area (TPSA) is 74.3 Å². The van der Waals surface area contributed by atoms with Crippen LogP contribution >= 0.6 is 23.2 Å². The van der Waals surface area contributed by atoms with Crippen molar-refractivity contribution in [3.05, 3.63) is 143 Å². The third-order valence-corrected chi connectivity index (χ3v) is 8.78. The van der Waals surface area contributed by atoms with Gasteiger partial charge in [0.25, 0.3) is 0 Å². The molecule has 1 aliphatic rings. The number of rotatable bonds is 6. The minimum atomic E-state index is -0.163. The summed E-state index contributed by atoms with van der Waals surface area (Å²) in [5, 5.41) is 13.7. The van der Waals surface area contributed by atoms with Gasteiger partial charge in [0, 0.05) is 43.3 Å². The molecule has 1 aliphatic heterocycles. The zero-order valence-corrected chi connectivity index (χ0v) is 25.2. The average molecular weight is 614 g/mol. The van der Waals surface area contributed by atoms with Crippen LogP contribution in [0.2, 0.25) is 10.0 Å². The van der Waals surface area contributed by atoms with Gasteiger partial charge >= 0.3 is 0 Å². The summed E-state index contributed by atoms with van der Waals surface area (Å²) < 4.78 is 2.23. The summed E-state index contributed by atoms with van der Waals surface area (Å²) in [6.07, 6.45) is 1.92. The molecule has 8 rings (SSSR count). The highest BCUT2D eigenvalue weighted by molar-refractivity contribution is 6.32. The van der Waals surface area contributed by atoms with E-state index < -0.39 is 0 Å². The van der Waals surface area contributed by atoms with Gasteiger partial charge in [-0.3, -0.25) is 5.10 Å². The van der Waals surface area contributed by atoms with Gasteiger partial charge < -0.3 is 14.9 Å². The summed E-state index contributed by atoms with van der Waals surface area (Å²) >= 11 is 13.1. The lowest BCUT2D eigenvalue weighted by Gasteiger charge is -2.28. The Hall–Kier alpha value is -5.04. The predicted octanol–water partition coefficient (Wildman–Crippen LogP) is 9.74. The Kier molecular flexibility index (Phi) is 6.22. The maximum absolute atomic E-state index is 6.78. The van der Waals surface area contributed by atoms with Gasteiger partial charge in [-0.25, -0.2) is 4.98 Å². The number of imidazole rings is 1. The van der Waals surface area contributed by atoms with Crippen LogP contribution < -0.4 is 5.32 Å². The van der Waals surface area contributed by atoms with Crippen LogP contribution in [0.5, 0.6) is 0 Å². The van der Waals surface area contributed by atoms with Gasteiger partial charge in [-0.1, -0.05) is 103 Å². The molecule has 1 atom stereocenters. The van der Waals surface area contributed by atoms with E-state index in [1.165, 1.54) is 0 Å². The van der Waals surface area contributed by atoms with E-state index in [0.29, 0.717) is 21.6 Å². The van der Waals surface area contributed by atoms with E-state index >= 15 is 0 Å². The molecule has 4 heterocycles. The van der Waals surface area contributed by atoms with Crippen LogP contribution in [0.25, 0.3) is 50.2 Å². The smallest absolute Gasteiger partial charge is 0.160 e. The minimum Gasteiger partial charge on any atom is -0.353 e. The Morgan fingerprint density at radius 1 is 0.864 bits per heavy atom. The monoisotopic (exact) mass is 612 g/mol. The molecule has 0 aliphatic carbocycles. The standard InChI is InChI=1S/C36H26Cl2N6/c1-20-29(22-9-5-3-6-10-22)36(43-42-20)40-21(2)32-31-30-27(17-26(38)18-28(30)41-32)34(24-13-15-25(37)16-14-24)44-19-39-33(35(31)44)23-11-7-4-8-12-23/h3-19,34,41H,2H2,1H3,(H2,40,42,43)/t34-/m1/s1. The second-order valence-corrected chi connectivity index (χ2v) is 11.9. The van der Waals surface area contributed by atoms with E-state index in [1.807, 2.05) is 67.8 Å². The van der Waals surface area contributed by atoms with E-state index in [0.717, 1.165) is 67.1 Å². The number of anilines is 1. The van der Waals surface area contributed by atoms with E-state index in [9.17, 15) is 0 Å². The molecule has 0 spiro atoms. The summed E-state index contributed by atoms with van der Waals surface area (Å²) in [5.74, 6) is 0.703. The van der Waals surface area contributed by atoms with Crippen molar-refractivity contribution < 1.29 is 0 Å². The van der Waals surface area contributed by atoms with Gasteiger partial charge in [-0.15, -0.1) is 0 Å². The highest BCUT2D eigenvalue weighted by Crippen LogP contribution is 2.50. The Morgan fingerprint density at radius 3 is 2.30 bits per heavy atom. The molecule has 0 fully saturated rings. The first-order chi connectivity index (χ1) is 21.5. The summed E-state index contributed by atoms with van der Waals surface area (Å²) in [5.41, 5.74) is 11.6. The third-order valence-electron chi connectivity index (χ3n) is 8.31. The van der Waals surface area contributed by atoms with Crippen LogP contribution in [0.4, 0.5) is 5.82 Å². The summed E-state index contributed by atoms with van der Waals surface area (Å²) in [7, 11) is 0. The molecule has 4 aromatic carbocycles. The van der Waals surface area contributed by atoms with E-state index in [1.54, 1.807) is 0 Å². The first-order valence-electron chi connectivity index (χ1n) is 14.3. The predicted molar refractivity (Wildman–Crippen MR) is 180 cm³/mol. The average Bonchev–Trinajstić information content (AvgIpc) is 3.74. The molecule has 0 saturated heterocycles. The molecule has 0 amide bonds. The fraction of sp³-hybridized carbons (Fsp3) is 0.0556. The lowest BCUT2D eigenvalue weighted by Crippen LogP contribution is -2.17. The van der Waals surface area contributed by atoms with Crippen molar-refractivity contribution in [1.82, 2.24) is 24.7 Å². The molecule has 0 saturated carbocycles. The first kappa shape index (κ1) is 26.6. The fourth-order valence-electron chi connectivity index (χ4n) is 6.44. The molecular weight excluding hydrogens is 587 g/mol. The number of hydrogen-bond donors (Lipinski definition) is 3. The zero-order valence-electron chi connectivity index (χ0n) is 23.7. The molecule has 6 nitrogen and oxygen atoms in total. The Balaban J connectivity index is 1.36. The van der Waals surface area contributed by atoms with E-state index in [4.69, 9.17) is 28.2 Å². The quantitative estimate of drug-likeness (QED) is 0.175. The third kappa shape index (κ3) is 4.18. The number of aryl methyl sites for hydroxylation is 1. The van der Waals surface area contributed by atoms with Crippen molar-refractivity contribution in [3.63, 3.8) is 0 Å². The van der Waals surface area contributed by atoms with Crippen molar-refractivity contribution in [2.24, 2.45) is 0 Å². The number of fused-ring (bicyclic) bond motifs is 2. The fourth-order valence-corrected chi connectivity index (χ4v) is 6.79. The van der Waals surface area contributed by atoms with Gasteiger partial charge in [0.05, 0.1) is 35.1 Å². The summed E-state index contributed by atoms with van der Waals surface area (Å²) in [6, 6.07) is 32.3. The Bertz CT molecular complexity index is 2190. The molecule has 214 valence electrons. The lowest BCUT2D eigenvalue weighted by atomic mass is 9.87. The number of H-pyrrole nitrogens is 2. The molecule has 44 heavy (non-hydrogen) atoms.